The van der Waals surface area contributed by atoms with Gasteiger partial charge in [-0.05, 0) is 42.9 Å². The summed E-state index contributed by atoms with van der Waals surface area (Å²) in [5.41, 5.74) is 1.82. The van der Waals surface area contributed by atoms with Gasteiger partial charge in [-0.2, -0.15) is 4.98 Å². The molecule has 0 saturated heterocycles. The predicted molar refractivity (Wildman–Crippen MR) is 98.3 cm³/mol. The highest BCUT2D eigenvalue weighted by Gasteiger charge is 2.10. The quantitative estimate of drug-likeness (QED) is 0.676. The smallest absolute Gasteiger partial charge is 0.246 e. The van der Waals surface area contributed by atoms with Gasteiger partial charge >= 0.3 is 0 Å². The van der Waals surface area contributed by atoms with Gasteiger partial charge in [0.2, 0.25) is 11.7 Å². The second-order valence-corrected chi connectivity index (χ2v) is 5.63. The Hall–Kier alpha value is -3.00. The third kappa shape index (κ3) is 4.30. The zero-order valence-electron chi connectivity index (χ0n) is 13.8. The summed E-state index contributed by atoms with van der Waals surface area (Å²) < 4.78 is 10.4. The highest BCUT2D eigenvalue weighted by molar-refractivity contribution is 7.80. The van der Waals surface area contributed by atoms with Crippen molar-refractivity contribution in [1.29, 1.82) is 0 Å². The van der Waals surface area contributed by atoms with Crippen molar-refractivity contribution in [2.45, 2.75) is 13.5 Å². The molecule has 0 amide bonds. The molecule has 0 aliphatic heterocycles. The van der Waals surface area contributed by atoms with Gasteiger partial charge in [-0.15, -0.1) is 0 Å². The van der Waals surface area contributed by atoms with Crippen LogP contribution in [0.4, 0.5) is 5.82 Å². The van der Waals surface area contributed by atoms with Crippen LogP contribution in [0.25, 0.3) is 11.4 Å². The summed E-state index contributed by atoms with van der Waals surface area (Å²) in [5, 5.41) is 10.5. The molecule has 2 heterocycles. The number of nitrogens with one attached hydrogen (secondary N) is 2. The van der Waals surface area contributed by atoms with Gasteiger partial charge in [0, 0.05) is 11.8 Å². The molecule has 3 aromatic rings. The third-order valence-corrected chi connectivity index (χ3v) is 3.68. The Labute approximate surface area is 150 Å². The van der Waals surface area contributed by atoms with Crippen LogP contribution < -0.4 is 15.4 Å². The van der Waals surface area contributed by atoms with Crippen LogP contribution in [-0.4, -0.2) is 27.3 Å². The predicted octanol–water partition coefficient (Wildman–Crippen LogP) is 2.94. The fourth-order valence-electron chi connectivity index (χ4n) is 2.13. The molecule has 8 heteroatoms. The summed E-state index contributed by atoms with van der Waals surface area (Å²) in [6.45, 7) is 2.27. The summed E-state index contributed by atoms with van der Waals surface area (Å²) in [6, 6.07) is 11.3. The number of hydrogen-bond acceptors (Lipinski definition) is 6. The first-order chi connectivity index (χ1) is 12.2. The Morgan fingerprint density at radius 3 is 2.96 bits per heavy atom. The molecule has 0 saturated carbocycles. The lowest BCUT2D eigenvalue weighted by Gasteiger charge is -2.09. The number of methoxy groups -OCH3 is 1. The van der Waals surface area contributed by atoms with Crippen LogP contribution >= 0.6 is 12.2 Å². The molecule has 0 fully saturated rings. The summed E-state index contributed by atoms with van der Waals surface area (Å²) in [6.07, 6.45) is 1.70. The van der Waals surface area contributed by atoms with Crippen molar-refractivity contribution in [2.75, 3.05) is 12.4 Å². The Morgan fingerprint density at radius 1 is 1.28 bits per heavy atom. The fraction of sp³-hybridized carbons (Fsp3) is 0.176. The number of rotatable bonds is 5. The molecule has 0 aliphatic rings. The SMILES string of the molecule is COc1cccc(-c2noc(CNC(=S)Nc3ncccc3C)n2)c1. The molecule has 25 heavy (non-hydrogen) atoms. The molecule has 2 aromatic heterocycles. The van der Waals surface area contributed by atoms with E-state index in [-0.39, 0.29) is 0 Å². The molecule has 3 rings (SSSR count). The number of benzene rings is 1. The van der Waals surface area contributed by atoms with Crippen molar-refractivity contribution < 1.29 is 9.26 Å². The summed E-state index contributed by atoms with van der Waals surface area (Å²) >= 11 is 5.26. The monoisotopic (exact) mass is 355 g/mol. The van der Waals surface area contributed by atoms with Crippen molar-refractivity contribution in [3.05, 3.63) is 54.0 Å². The van der Waals surface area contributed by atoms with E-state index in [4.69, 9.17) is 21.5 Å². The van der Waals surface area contributed by atoms with Gasteiger partial charge in [0.15, 0.2) is 5.11 Å². The standard InChI is InChI=1S/C17H17N5O2S/c1-11-5-4-8-18-15(11)21-17(25)19-10-14-20-16(22-24-14)12-6-3-7-13(9-12)23-2/h3-9H,10H2,1-2H3,(H2,18,19,21,25). The van der Waals surface area contributed by atoms with Crippen molar-refractivity contribution >= 4 is 23.1 Å². The first kappa shape index (κ1) is 16.8. The maximum atomic E-state index is 5.26. The van der Waals surface area contributed by atoms with Crippen LogP contribution in [0.15, 0.2) is 47.1 Å². The van der Waals surface area contributed by atoms with Crippen LogP contribution in [0.1, 0.15) is 11.5 Å². The fourth-order valence-corrected chi connectivity index (χ4v) is 2.30. The molecule has 0 atom stereocenters. The average Bonchev–Trinajstić information content (AvgIpc) is 3.11. The van der Waals surface area contributed by atoms with Crippen molar-refractivity contribution in [1.82, 2.24) is 20.4 Å². The number of hydrogen-bond donors (Lipinski definition) is 2. The number of aryl methyl sites for hydroxylation is 1. The van der Waals surface area contributed by atoms with Gasteiger partial charge in [-0.25, -0.2) is 4.98 Å². The Balaban J connectivity index is 1.60. The number of thiocarbonyl (C=S) groups is 1. The maximum absolute atomic E-state index is 5.26. The minimum atomic E-state index is 0.314. The Bertz CT molecular complexity index is 881. The number of aromatic nitrogens is 3. The van der Waals surface area contributed by atoms with Crippen molar-refractivity contribution in [3.8, 4) is 17.1 Å². The van der Waals surface area contributed by atoms with E-state index in [1.807, 2.05) is 43.3 Å². The largest absolute Gasteiger partial charge is 0.497 e. The molecule has 0 spiro atoms. The van der Waals surface area contributed by atoms with Crippen LogP contribution in [0.3, 0.4) is 0 Å². The zero-order valence-corrected chi connectivity index (χ0v) is 14.6. The van der Waals surface area contributed by atoms with Gasteiger partial charge in [-0.3, -0.25) is 0 Å². The average molecular weight is 355 g/mol. The second kappa shape index (κ2) is 7.71. The van der Waals surface area contributed by atoms with E-state index < -0.39 is 0 Å². The lowest BCUT2D eigenvalue weighted by atomic mass is 10.2. The normalized spacial score (nSPS) is 10.3. The maximum Gasteiger partial charge on any atom is 0.246 e. The second-order valence-electron chi connectivity index (χ2n) is 5.22. The number of ether oxygens (including phenoxy) is 1. The third-order valence-electron chi connectivity index (χ3n) is 3.44. The van der Waals surface area contributed by atoms with Crippen molar-refractivity contribution in [2.24, 2.45) is 0 Å². The number of pyridine rings is 1. The number of anilines is 1. The van der Waals surface area contributed by atoms with Crippen LogP contribution in [0.5, 0.6) is 5.75 Å². The Morgan fingerprint density at radius 2 is 2.16 bits per heavy atom. The summed E-state index contributed by atoms with van der Waals surface area (Å²) in [5.74, 6) is 2.37. The summed E-state index contributed by atoms with van der Waals surface area (Å²) in [4.78, 5) is 8.59. The molecule has 1 aromatic carbocycles. The van der Waals surface area contributed by atoms with Gasteiger partial charge in [0.25, 0.3) is 0 Å². The van der Waals surface area contributed by atoms with E-state index in [2.05, 4.69) is 25.8 Å². The molecular formula is C17H17N5O2S. The van der Waals surface area contributed by atoms with Gasteiger partial charge in [-0.1, -0.05) is 23.4 Å². The molecule has 128 valence electrons. The first-order valence-electron chi connectivity index (χ1n) is 7.59. The highest BCUT2D eigenvalue weighted by atomic mass is 32.1. The molecular weight excluding hydrogens is 338 g/mol. The molecule has 0 aliphatic carbocycles. The minimum absolute atomic E-state index is 0.314. The lowest BCUT2D eigenvalue weighted by Crippen LogP contribution is -2.28. The van der Waals surface area contributed by atoms with E-state index in [0.29, 0.717) is 29.2 Å². The van der Waals surface area contributed by atoms with E-state index in [1.165, 1.54) is 0 Å². The molecule has 7 nitrogen and oxygen atoms in total. The zero-order chi connectivity index (χ0) is 17.6. The van der Waals surface area contributed by atoms with E-state index >= 15 is 0 Å². The molecule has 2 N–H and O–H groups in total. The van der Waals surface area contributed by atoms with Crippen LogP contribution in [0.2, 0.25) is 0 Å². The first-order valence-corrected chi connectivity index (χ1v) is 8.00. The Kier molecular flexibility index (Phi) is 5.20. The lowest BCUT2D eigenvalue weighted by molar-refractivity contribution is 0.376. The van der Waals surface area contributed by atoms with Gasteiger partial charge in [0.1, 0.15) is 11.6 Å². The van der Waals surface area contributed by atoms with E-state index in [9.17, 15) is 0 Å². The van der Waals surface area contributed by atoms with Crippen molar-refractivity contribution in [3.63, 3.8) is 0 Å². The number of nitrogens with zero attached hydrogens (tertiary/aromatic N) is 3. The minimum Gasteiger partial charge on any atom is -0.497 e. The van der Waals surface area contributed by atoms with Gasteiger partial charge < -0.3 is 19.9 Å². The molecule has 0 bridgehead atoms. The molecule has 0 unspecified atom stereocenters. The summed E-state index contributed by atoms with van der Waals surface area (Å²) in [7, 11) is 1.61. The van der Waals surface area contributed by atoms with Gasteiger partial charge in [0.05, 0.1) is 13.7 Å². The van der Waals surface area contributed by atoms with E-state index in [1.54, 1.807) is 13.3 Å². The highest BCUT2D eigenvalue weighted by Crippen LogP contribution is 2.21. The van der Waals surface area contributed by atoms with E-state index in [0.717, 1.165) is 16.9 Å². The van der Waals surface area contributed by atoms with Crippen LogP contribution in [0, 0.1) is 6.92 Å². The molecule has 0 radical (unpaired) electrons. The topological polar surface area (TPSA) is 85.1 Å². The van der Waals surface area contributed by atoms with Crippen LogP contribution in [-0.2, 0) is 6.54 Å².